The molecule has 1 aliphatic heterocycles. The van der Waals surface area contributed by atoms with Gasteiger partial charge in [-0.1, -0.05) is 39.3 Å². The topological polar surface area (TPSA) is 56.2 Å². The zero-order valence-electron chi connectivity index (χ0n) is 18.9. The molecule has 0 spiro atoms. The van der Waals surface area contributed by atoms with Crippen molar-refractivity contribution in [2.75, 3.05) is 0 Å². The molecule has 30 heavy (non-hydrogen) atoms. The SMILES string of the molecule is Cc1nccn1-c1ccc([C@H]2C[C@@](C)(NC(=O)C(C)C)[C@@H]3CC[C@@H](C)C[C@H]3O2)cc1. The van der Waals surface area contributed by atoms with Gasteiger partial charge in [0.1, 0.15) is 5.82 Å². The molecule has 0 bridgehead atoms. The predicted molar refractivity (Wildman–Crippen MR) is 118 cm³/mol. The molecule has 0 unspecified atom stereocenters. The number of ether oxygens (including phenoxy) is 1. The van der Waals surface area contributed by atoms with Crippen molar-refractivity contribution in [1.82, 2.24) is 14.9 Å². The van der Waals surface area contributed by atoms with Gasteiger partial charge < -0.3 is 14.6 Å². The van der Waals surface area contributed by atoms with Gasteiger partial charge >= 0.3 is 0 Å². The van der Waals surface area contributed by atoms with E-state index < -0.39 is 0 Å². The molecular formula is C25H35N3O2. The number of nitrogens with one attached hydrogen (secondary N) is 1. The number of aromatic nitrogens is 2. The van der Waals surface area contributed by atoms with Crippen LogP contribution in [0.4, 0.5) is 0 Å². The third kappa shape index (κ3) is 4.04. The summed E-state index contributed by atoms with van der Waals surface area (Å²) >= 11 is 0. The summed E-state index contributed by atoms with van der Waals surface area (Å²) in [6.45, 7) is 10.5. The summed E-state index contributed by atoms with van der Waals surface area (Å²) in [5.74, 6) is 2.14. The van der Waals surface area contributed by atoms with Crippen LogP contribution in [0, 0.1) is 24.7 Å². The summed E-state index contributed by atoms with van der Waals surface area (Å²) in [4.78, 5) is 17.0. The maximum atomic E-state index is 12.6. The monoisotopic (exact) mass is 409 g/mol. The van der Waals surface area contributed by atoms with E-state index >= 15 is 0 Å². The molecular weight excluding hydrogens is 374 g/mol. The largest absolute Gasteiger partial charge is 0.370 e. The predicted octanol–water partition coefficient (Wildman–Crippen LogP) is 4.98. The molecule has 2 aliphatic rings. The molecule has 1 saturated carbocycles. The number of rotatable bonds is 4. The van der Waals surface area contributed by atoms with Crippen LogP contribution in [0.25, 0.3) is 5.69 Å². The molecule has 4 rings (SSSR count). The number of aryl methyl sites for hydroxylation is 1. The molecule has 1 aliphatic carbocycles. The number of carbonyl (C=O) groups is 1. The fourth-order valence-electron chi connectivity index (χ4n) is 5.27. The van der Waals surface area contributed by atoms with Gasteiger partial charge in [-0.2, -0.15) is 0 Å². The van der Waals surface area contributed by atoms with Crippen molar-refractivity contribution in [3.8, 4) is 5.69 Å². The molecule has 162 valence electrons. The molecule has 1 aromatic carbocycles. The van der Waals surface area contributed by atoms with Gasteiger partial charge in [-0.05, 0) is 50.3 Å². The van der Waals surface area contributed by atoms with Gasteiger partial charge in [-0.15, -0.1) is 0 Å². The number of amides is 1. The molecule has 0 radical (unpaired) electrons. The van der Waals surface area contributed by atoms with Gasteiger partial charge in [0.2, 0.25) is 5.91 Å². The summed E-state index contributed by atoms with van der Waals surface area (Å²) in [5.41, 5.74) is 2.04. The van der Waals surface area contributed by atoms with Crippen molar-refractivity contribution >= 4 is 5.91 Å². The number of benzene rings is 1. The average molecular weight is 410 g/mol. The van der Waals surface area contributed by atoms with E-state index in [1.54, 1.807) is 0 Å². The van der Waals surface area contributed by atoms with Crippen LogP contribution in [-0.4, -0.2) is 27.1 Å². The van der Waals surface area contributed by atoms with Gasteiger partial charge in [0.25, 0.3) is 0 Å². The highest BCUT2D eigenvalue weighted by atomic mass is 16.5. The minimum absolute atomic E-state index is 0.00746. The zero-order valence-corrected chi connectivity index (χ0v) is 18.9. The number of hydrogen-bond acceptors (Lipinski definition) is 3. The quantitative estimate of drug-likeness (QED) is 0.775. The number of nitrogens with zero attached hydrogens (tertiary/aromatic N) is 2. The van der Waals surface area contributed by atoms with E-state index in [0.29, 0.717) is 11.8 Å². The van der Waals surface area contributed by atoms with E-state index in [9.17, 15) is 4.79 Å². The van der Waals surface area contributed by atoms with E-state index in [0.717, 1.165) is 30.8 Å². The molecule has 1 saturated heterocycles. The minimum atomic E-state index is -0.241. The highest BCUT2D eigenvalue weighted by molar-refractivity contribution is 5.78. The Labute approximate surface area is 180 Å². The summed E-state index contributed by atoms with van der Waals surface area (Å²) in [5, 5.41) is 3.42. The van der Waals surface area contributed by atoms with E-state index in [-0.39, 0.29) is 29.6 Å². The summed E-state index contributed by atoms with van der Waals surface area (Å²) in [6, 6.07) is 8.59. The second-order valence-corrected chi connectivity index (χ2v) is 9.89. The third-order valence-electron chi connectivity index (χ3n) is 7.12. The van der Waals surface area contributed by atoms with Crippen molar-refractivity contribution in [3.05, 3.63) is 48.0 Å². The lowest BCUT2D eigenvalue weighted by atomic mass is 9.66. The standard InChI is InChI=1S/C25H35N3O2/c1-16(2)24(29)27-25(5)15-23(30-22-14-17(3)6-11-21(22)25)19-7-9-20(10-8-19)28-13-12-26-18(28)4/h7-10,12-13,16-17,21-23H,6,11,14-15H2,1-5H3,(H,27,29)/t17-,21-,22-,23-,25-/m1/s1. The van der Waals surface area contributed by atoms with Crippen molar-refractivity contribution in [3.63, 3.8) is 0 Å². The lowest BCUT2D eigenvalue weighted by Gasteiger charge is -2.52. The van der Waals surface area contributed by atoms with Gasteiger partial charge in [0, 0.05) is 41.9 Å². The maximum Gasteiger partial charge on any atom is 0.222 e. The fourth-order valence-corrected chi connectivity index (χ4v) is 5.27. The zero-order chi connectivity index (χ0) is 21.5. The van der Waals surface area contributed by atoms with Crippen LogP contribution in [-0.2, 0) is 9.53 Å². The van der Waals surface area contributed by atoms with E-state index in [4.69, 9.17) is 4.74 Å². The van der Waals surface area contributed by atoms with Gasteiger partial charge in [0.15, 0.2) is 0 Å². The first-order valence-corrected chi connectivity index (χ1v) is 11.3. The highest BCUT2D eigenvalue weighted by Crippen LogP contribution is 2.48. The molecule has 1 amide bonds. The fraction of sp³-hybridized carbons (Fsp3) is 0.600. The number of hydrogen-bond donors (Lipinski definition) is 1. The first-order chi connectivity index (χ1) is 14.3. The second-order valence-electron chi connectivity index (χ2n) is 9.89. The Bertz CT molecular complexity index is 888. The average Bonchev–Trinajstić information content (AvgIpc) is 3.13. The Balaban J connectivity index is 1.60. The van der Waals surface area contributed by atoms with Crippen molar-refractivity contribution in [2.24, 2.45) is 17.8 Å². The second kappa shape index (κ2) is 8.18. The third-order valence-corrected chi connectivity index (χ3v) is 7.12. The Morgan fingerprint density at radius 2 is 2.00 bits per heavy atom. The van der Waals surface area contributed by atoms with E-state index in [1.165, 1.54) is 12.0 Å². The van der Waals surface area contributed by atoms with Crippen LogP contribution in [0.3, 0.4) is 0 Å². The first kappa shape index (κ1) is 21.1. The van der Waals surface area contributed by atoms with Gasteiger partial charge in [-0.3, -0.25) is 4.79 Å². The van der Waals surface area contributed by atoms with Gasteiger partial charge in [0.05, 0.1) is 12.2 Å². The van der Waals surface area contributed by atoms with E-state index in [1.807, 2.05) is 33.2 Å². The minimum Gasteiger partial charge on any atom is -0.370 e. The van der Waals surface area contributed by atoms with Crippen molar-refractivity contribution in [1.29, 1.82) is 0 Å². The highest BCUT2D eigenvalue weighted by Gasteiger charge is 2.49. The summed E-state index contributed by atoms with van der Waals surface area (Å²) in [6.07, 6.45) is 8.19. The van der Waals surface area contributed by atoms with E-state index in [2.05, 4.69) is 53.0 Å². The van der Waals surface area contributed by atoms with Crippen LogP contribution < -0.4 is 5.32 Å². The smallest absolute Gasteiger partial charge is 0.222 e. The molecule has 5 nitrogen and oxygen atoms in total. The Kier molecular flexibility index (Phi) is 5.75. The summed E-state index contributed by atoms with van der Waals surface area (Å²) in [7, 11) is 0. The summed E-state index contributed by atoms with van der Waals surface area (Å²) < 4.78 is 8.75. The lowest BCUT2D eigenvalue weighted by molar-refractivity contribution is -0.155. The molecule has 5 atom stereocenters. The van der Waals surface area contributed by atoms with Crippen LogP contribution >= 0.6 is 0 Å². The number of imidazole rings is 1. The van der Waals surface area contributed by atoms with Crippen LogP contribution in [0.1, 0.15) is 70.9 Å². The van der Waals surface area contributed by atoms with Crippen LogP contribution in [0.15, 0.2) is 36.7 Å². The Morgan fingerprint density at radius 3 is 2.63 bits per heavy atom. The number of carbonyl (C=O) groups excluding carboxylic acids is 1. The normalized spacial score (nSPS) is 31.4. The first-order valence-electron chi connectivity index (χ1n) is 11.3. The van der Waals surface area contributed by atoms with Crippen LogP contribution in [0.5, 0.6) is 0 Å². The Hall–Kier alpha value is -2.14. The molecule has 5 heteroatoms. The Morgan fingerprint density at radius 1 is 1.27 bits per heavy atom. The molecule has 1 aromatic heterocycles. The number of fused-ring (bicyclic) bond motifs is 1. The van der Waals surface area contributed by atoms with Crippen molar-refractivity contribution in [2.45, 2.75) is 78.0 Å². The molecule has 2 fully saturated rings. The lowest BCUT2D eigenvalue weighted by Crippen LogP contribution is -2.61. The molecule has 2 aromatic rings. The van der Waals surface area contributed by atoms with Gasteiger partial charge in [-0.25, -0.2) is 4.98 Å². The maximum absolute atomic E-state index is 12.6. The molecule has 1 N–H and O–H groups in total. The molecule has 2 heterocycles. The van der Waals surface area contributed by atoms with Crippen LogP contribution in [0.2, 0.25) is 0 Å². The van der Waals surface area contributed by atoms with Crippen molar-refractivity contribution < 1.29 is 9.53 Å².